The summed E-state index contributed by atoms with van der Waals surface area (Å²) >= 11 is 0. The first-order valence-corrected chi connectivity index (χ1v) is 7.91. The molecule has 0 spiro atoms. The van der Waals surface area contributed by atoms with Crippen molar-refractivity contribution < 1.29 is 9.53 Å². The van der Waals surface area contributed by atoms with Gasteiger partial charge in [0.25, 0.3) is 0 Å². The van der Waals surface area contributed by atoms with E-state index in [-0.39, 0.29) is 5.97 Å². The van der Waals surface area contributed by atoms with Gasteiger partial charge in [-0.2, -0.15) is 0 Å². The maximum Gasteiger partial charge on any atom is 0.305 e. The smallest absolute Gasteiger partial charge is 0.305 e. The maximum atomic E-state index is 11.1. The summed E-state index contributed by atoms with van der Waals surface area (Å²) < 4.78 is 4.88. The van der Waals surface area contributed by atoms with Gasteiger partial charge in [0, 0.05) is 6.42 Å². The summed E-state index contributed by atoms with van der Waals surface area (Å²) in [5.41, 5.74) is 0. The van der Waals surface area contributed by atoms with E-state index in [0.717, 1.165) is 32.1 Å². The number of carbonyl (C=O) groups excluding carboxylic acids is 1. The maximum absolute atomic E-state index is 11.1. The second kappa shape index (κ2) is 15.7. The van der Waals surface area contributed by atoms with Crippen LogP contribution in [0.3, 0.4) is 0 Å². The number of hydrogen-bond acceptors (Lipinski definition) is 2. The molecule has 0 aliphatic carbocycles. The topological polar surface area (TPSA) is 26.3 Å². The minimum Gasteiger partial charge on any atom is -0.466 e. The van der Waals surface area contributed by atoms with Gasteiger partial charge in [-0.1, -0.05) is 49.8 Å². The molecule has 0 fully saturated rings. The van der Waals surface area contributed by atoms with Crippen LogP contribution >= 0.6 is 0 Å². The zero-order valence-corrected chi connectivity index (χ0v) is 13.1. The predicted octanol–water partition coefficient (Wildman–Crippen LogP) is 5.36. The Morgan fingerprint density at radius 1 is 0.850 bits per heavy atom. The molecule has 0 aliphatic heterocycles. The van der Waals surface area contributed by atoms with Crippen LogP contribution in [0.25, 0.3) is 0 Å². The first-order valence-electron chi connectivity index (χ1n) is 7.91. The van der Waals surface area contributed by atoms with Crippen LogP contribution in [-0.2, 0) is 9.53 Å². The zero-order valence-electron chi connectivity index (χ0n) is 13.1. The molecule has 0 aliphatic rings. The van der Waals surface area contributed by atoms with Crippen molar-refractivity contribution in [3.05, 3.63) is 36.5 Å². The fraction of sp³-hybridized carbons (Fsp3) is 0.611. The molecule has 0 aromatic rings. The Balaban J connectivity index is 3.35. The third kappa shape index (κ3) is 14.7. The summed E-state index contributed by atoms with van der Waals surface area (Å²) in [6, 6.07) is 0. The summed E-state index contributed by atoms with van der Waals surface area (Å²) in [6.07, 6.45) is 21.3. The molecule has 20 heavy (non-hydrogen) atoms. The molecule has 0 atom stereocenters. The molecule has 0 N–H and O–H groups in total. The van der Waals surface area contributed by atoms with Crippen LogP contribution in [0.2, 0.25) is 0 Å². The van der Waals surface area contributed by atoms with Crippen LogP contribution in [0.4, 0.5) is 0 Å². The number of carbonyl (C=O) groups is 1. The van der Waals surface area contributed by atoms with Crippen LogP contribution in [0.1, 0.15) is 65.2 Å². The highest BCUT2D eigenvalue weighted by molar-refractivity contribution is 5.69. The summed E-state index contributed by atoms with van der Waals surface area (Å²) in [5, 5.41) is 0. The Hall–Kier alpha value is -1.31. The predicted molar refractivity (Wildman–Crippen MR) is 86.7 cm³/mol. The molecule has 114 valence electrons. The highest BCUT2D eigenvalue weighted by atomic mass is 16.5. The van der Waals surface area contributed by atoms with E-state index in [1.165, 1.54) is 12.8 Å². The number of allylic oxidation sites excluding steroid dienone is 6. The van der Waals surface area contributed by atoms with E-state index in [1.807, 2.05) is 6.92 Å². The molecule has 0 saturated carbocycles. The second-order valence-corrected chi connectivity index (χ2v) is 4.73. The lowest BCUT2D eigenvalue weighted by Crippen LogP contribution is -2.02. The number of rotatable bonds is 12. The van der Waals surface area contributed by atoms with Crippen molar-refractivity contribution in [2.45, 2.75) is 65.2 Å². The summed E-state index contributed by atoms with van der Waals surface area (Å²) in [6.45, 7) is 4.52. The third-order valence-electron chi connectivity index (χ3n) is 2.81. The largest absolute Gasteiger partial charge is 0.466 e. The van der Waals surface area contributed by atoms with E-state index in [9.17, 15) is 4.79 Å². The molecule has 2 heteroatoms. The highest BCUT2D eigenvalue weighted by Gasteiger charge is 1.99. The summed E-state index contributed by atoms with van der Waals surface area (Å²) in [4.78, 5) is 11.1. The number of ether oxygens (including phenoxy) is 1. The average Bonchev–Trinajstić information content (AvgIpc) is 2.44. The Morgan fingerprint density at radius 2 is 1.45 bits per heavy atom. The highest BCUT2D eigenvalue weighted by Crippen LogP contribution is 2.03. The Labute approximate surface area is 124 Å². The zero-order chi connectivity index (χ0) is 14.9. The van der Waals surface area contributed by atoms with Crippen molar-refractivity contribution in [1.29, 1.82) is 0 Å². The molecule has 0 amide bonds. The van der Waals surface area contributed by atoms with E-state index in [2.05, 4.69) is 43.4 Å². The van der Waals surface area contributed by atoms with E-state index in [1.54, 1.807) is 0 Å². The molecule has 0 heterocycles. The second-order valence-electron chi connectivity index (χ2n) is 4.73. The average molecular weight is 278 g/mol. The van der Waals surface area contributed by atoms with Crippen LogP contribution in [0.5, 0.6) is 0 Å². The molecule has 0 saturated heterocycles. The monoisotopic (exact) mass is 278 g/mol. The van der Waals surface area contributed by atoms with Gasteiger partial charge in [0.1, 0.15) is 0 Å². The Kier molecular flexibility index (Phi) is 14.7. The molecule has 2 nitrogen and oxygen atoms in total. The SMILES string of the molecule is CCC/C=C\C/C=C\C/C=C\CCCCC(=O)OCC. The summed E-state index contributed by atoms with van der Waals surface area (Å²) in [7, 11) is 0. The molecule has 0 rings (SSSR count). The van der Waals surface area contributed by atoms with E-state index in [0.29, 0.717) is 13.0 Å². The van der Waals surface area contributed by atoms with Crippen LogP contribution in [0.15, 0.2) is 36.5 Å². The fourth-order valence-corrected chi connectivity index (χ4v) is 1.71. The van der Waals surface area contributed by atoms with Gasteiger partial charge in [-0.05, 0) is 45.4 Å². The van der Waals surface area contributed by atoms with Crippen LogP contribution in [0, 0.1) is 0 Å². The van der Waals surface area contributed by atoms with Gasteiger partial charge in [-0.15, -0.1) is 0 Å². The number of hydrogen-bond donors (Lipinski definition) is 0. The number of esters is 1. The molecule has 0 radical (unpaired) electrons. The van der Waals surface area contributed by atoms with Gasteiger partial charge < -0.3 is 4.74 Å². The van der Waals surface area contributed by atoms with Gasteiger partial charge in [-0.3, -0.25) is 4.79 Å². The minimum absolute atomic E-state index is 0.0736. The molecule has 0 bridgehead atoms. The van der Waals surface area contributed by atoms with Gasteiger partial charge in [-0.25, -0.2) is 0 Å². The first kappa shape index (κ1) is 18.7. The van der Waals surface area contributed by atoms with Crippen molar-refractivity contribution in [3.63, 3.8) is 0 Å². The Bertz CT molecular complexity index is 301. The third-order valence-corrected chi connectivity index (χ3v) is 2.81. The van der Waals surface area contributed by atoms with E-state index in [4.69, 9.17) is 4.74 Å². The summed E-state index contributed by atoms with van der Waals surface area (Å²) in [5.74, 6) is -0.0736. The van der Waals surface area contributed by atoms with Crippen molar-refractivity contribution >= 4 is 5.97 Å². The molecule has 0 unspecified atom stereocenters. The minimum atomic E-state index is -0.0736. The van der Waals surface area contributed by atoms with E-state index < -0.39 is 0 Å². The Morgan fingerprint density at radius 3 is 2.05 bits per heavy atom. The normalized spacial score (nSPS) is 11.9. The van der Waals surface area contributed by atoms with Crippen molar-refractivity contribution in [3.8, 4) is 0 Å². The fourth-order valence-electron chi connectivity index (χ4n) is 1.71. The van der Waals surface area contributed by atoms with Crippen molar-refractivity contribution in [1.82, 2.24) is 0 Å². The first-order chi connectivity index (χ1) is 9.81. The van der Waals surface area contributed by atoms with Gasteiger partial charge >= 0.3 is 5.97 Å². The molecular formula is C18H30O2. The van der Waals surface area contributed by atoms with Crippen LogP contribution in [-0.4, -0.2) is 12.6 Å². The lowest BCUT2D eigenvalue weighted by Gasteiger charge is -1.99. The lowest BCUT2D eigenvalue weighted by molar-refractivity contribution is -0.143. The van der Waals surface area contributed by atoms with Crippen molar-refractivity contribution in [2.24, 2.45) is 0 Å². The van der Waals surface area contributed by atoms with Gasteiger partial charge in [0.15, 0.2) is 0 Å². The number of unbranched alkanes of at least 4 members (excludes halogenated alkanes) is 3. The lowest BCUT2D eigenvalue weighted by atomic mass is 10.2. The van der Waals surface area contributed by atoms with Gasteiger partial charge in [0.05, 0.1) is 6.61 Å². The van der Waals surface area contributed by atoms with E-state index >= 15 is 0 Å². The van der Waals surface area contributed by atoms with Crippen molar-refractivity contribution in [2.75, 3.05) is 6.61 Å². The molecular weight excluding hydrogens is 248 g/mol. The van der Waals surface area contributed by atoms with Gasteiger partial charge in [0.2, 0.25) is 0 Å². The van der Waals surface area contributed by atoms with Crippen LogP contribution < -0.4 is 0 Å². The molecule has 0 aromatic heterocycles. The molecule has 0 aromatic carbocycles. The standard InChI is InChI=1S/C18H30O2/c1-3-5-6-7-8-9-10-11-12-13-14-15-16-17-18(19)20-4-2/h6-7,9-10,12-13H,3-5,8,11,14-17H2,1-2H3/b7-6-,10-9-,13-12-. The quantitative estimate of drug-likeness (QED) is 0.273.